The van der Waals surface area contributed by atoms with Crippen LogP contribution < -0.4 is 16.2 Å². The lowest BCUT2D eigenvalue weighted by Crippen LogP contribution is -2.54. The zero-order chi connectivity index (χ0) is 21.4. The van der Waals surface area contributed by atoms with Crippen molar-refractivity contribution in [3.05, 3.63) is 77.1 Å². The van der Waals surface area contributed by atoms with Gasteiger partial charge in [0, 0.05) is 23.1 Å². The predicted octanol–water partition coefficient (Wildman–Crippen LogP) is 3.63. The molecule has 3 aliphatic rings. The highest BCUT2D eigenvalue weighted by Gasteiger charge is 2.44. The van der Waals surface area contributed by atoms with E-state index in [1.165, 1.54) is 17.3 Å². The van der Waals surface area contributed by atoms with Crippen molar-refractivity contribution in [2.45, 2.75) is 31.6 Å². The fourth-order valence-electron chi connectivity index (χ4n) is 4.10. The van der Waals surface area contributed by atoms with E-state index in [0.717, 1.165) is 22.8 Å². The van der Waals surface area contributed by atoms with Crippen molar-refractivity contribution in [1.29, 1.82) is 0 Å². The van der Waals surface area contributed by atoms with Crippen molar-refractivity contribution in [3.8, 4) is 0 Å². The van der Waals surface area contributed by atoms with E-state index in [-0.39, 0.29) is 29.9 Å². The summed E-state index contributed by atoms with van der Waals surface area (Å²) in [6, 6.07) is 16.4. The number of anilines is 1. The molecule has 1 fully saturated rings. The second kappa shape index (κ2) is 8.45. The fraction of sp³-hybridized carbons (Fsp3) is 0.273. The summed E-state index contributed by atoms with van der Waals surface area (Å²) in [7, 11) is 0. The Morgan fingerprint density at radius 2 is 2.10 bits per heavy atom. The van der Waals surface area contributed by atoms with E-state index in [1.54, 1.807) is 6.07 Å². The number of hydrogen-bond acceptors (Lipinski definition) is 7. The smallest absolute Gasteiger partial charge is 0.234 e. The number of fused-ring (bicyclic) bond motifs is 3. The van der Waals surface area contributed by atoms with Crippen LogP contribution in [0.2, 0.25) is 5.02 Å². The third kappa shape index (κ3) is 4.11. The van der Waals surface area contributed by atoms with Crippen LogP contribution in [-0.4, -0.2) is 38.9 Å². The number of hydrazine groups is 1. The van der Waals surface area contributed by atoms with Gasteiger partial charge in [0.05, 0.1) is 17.8 Å². The van der Waals surface area contributed by atoms with Gasteiger partial charge in [-0.2, -0.15) is 5.10 Å². The van der Waals surface area contributed by atoms with Gasteiger partial charge in [0.15, 0.2) is 5.17 Å². The summed E-state index contributed by atoms with van der Waals surface area (Å²) in [4.78, 5) is 14.6. The van der Waals surface area contributed by atoms with E-state index in [9.17, 15) is 4.79 Å². The minimum atomic E-state index is -0.0872. The topological polar surface area (TPSA) is 72.0 Å². The highest BCUT2D eigenvalue weighted by molar-refractivity contribution is 8.14. The highest BCUT2D eigenvalue weighted by atomic mass is 35.5. The number of amides is 1. The first-order valence-corrected chi connectivity index (χ1v) is 11.5. The van der Waals surface area contributed by atoms with Gasteiger partial charge >= 0.3 is 0 Å². The quantitative estimate of drug-likeness (QED) is 0.655. The molecule has 1 saturated heterocycles. The van der Waals surface area contributed by atoms with Crippen LogP contribution in [0.3, 0.4) is 0 Å². The molecule has 160 valence electrons. The Bertz CT molecular complexity index is 1050. The molecular formula is C22H23ClN6OS. The van der Waals surface area contributed by atoms with E-state index in [1.807, 2.05) is 37.5 Å². The summed E-state index contributed by atoms with van der Waals surface area (Å²) in [5.74, 6) is 0.179. The molecular weight excluding hydrogens is 432 g/mol. The molecule has 2 aromatic rings. The number of carbonyl (C=O) groups excluding carboxylic acids is 1. The van der Waals surface area contributed by atoms with Gasteiger partial charge in [-0.1, -0.05) is 59.8 Å². The zero-order valence-electron chi connectivity index (χ0n) is 17.0. The van der Waals surface area contributed by atoms with E-state index < -0.39 is 0 Å². The first kappa shape index (κ1) is 20.2. The van der Waals surface area contributed by atoms with Gasteiger partial charge in [0.25, 0.3) is 0 Å². The predicted molar refractivity (Wildman–Crippen MR) is 125 cm³/mol. The van der Waals surface area contributed by atoms with Gasteiger partial charge in [0.2, 0.25) is 5.91 Å². The molecule has 2 aromatic carbocycles. The van der Waals surface area contributed by atoms with Gasteiger partial charge in [-0.05, 0) is 36.6 Å². The summed E-state index contributed by atoms with van der Waals surface area (Å²) in [6.45, 7) is 1.94. The molecule has 9 heteroatoms. The summed E-state index contributed by atoms with van der Waals surface area (Å²) >= 11 is 7.46. The Kier molecular flexibility index (Phi) is 5.52. The number of benzene rings is 2. The zero-order valence-corrected chi connectivity index (χ0v) is 18.5. The lowest BCUT2D eigenvalue weighted by molar-refractivity contribution is -0.113. The van der Waals surface area contributed by atoms with Crippen molar-refractivity contribution in [2.75, 3.05) is 11.1 Å². The maximum Gasteiger partial charge on any atom is 0.234 e. The SMILES string of the molecule is Cc1ccc(Cl)cc1NC(=O)CSC1=NNC2C3CC(c4ccccc4)NN3C=CN12. The minimum Gasteiger partial charge on any atom is -0.325 e. The Morgan fingerprint density at radius 3 is 2.94 bits per heavy atom. The lowest BCUT2D eigenvalue weighted by Gasteiger charge is -2.36. The number of hydrogen-bond donors (Lipinski definition) is 3. The van der Waals surface area contributed by atoms with Crippen LogP contribution >= 0.6 is 23.4 Å². The molecule has 0 radical (unpaired) electrons. The third-order valence-electron chi connectivity index (χ3n) is 5.71. The van der Waals surface area contributed by atoms with Crippen LogP contribution in [0.25, 0.3) is 0 Å². The van der Waals surface area contributed by atoms with Crippen LogP contribution in [-0.2, 0) is 4.79 Å². The van der Waals surface area contributed by atoms with Gasteiger partial charge in [-0.25, -0.2) is 5.43 Å². The van der Waals surface area contributed by atoms with Crippen LogP contribution in [0, 0.1) is 6.92 Å². The largest absolute Gasteiger partial charge is 0.325 e. The number of amidine groups is 1. The first-order valence-electron chi connectivity index (χ1n) is 10.2. The lowest BCUT2D eigenvalue weighted by atomic mass is 10.00. The summed E-state index contributed by atoms with van der Waals surface area (Å²) in [6.07, 6.45) is 5.05. The fourth-order valence-corrected chi connectivity index (χ4v) is 5.04. The maximum atomic E-state index is 12.5. The monoisotopic (exact) mass is 454 g/mol. The van der Waals surface area contributed by atoms with Gasteiger partial charge in [0.1, 0.15) is 6.17 Å². The molecule has 0 saturated carbocycles. The van der Waals surface area contributed by atoms with Crippen molar-refractivity contribution in [2.24, 2.45) is 5.10 Å². The maximum absolute atomic E-state index is 12.5. The number of carbonyl (C=O) groups is 1. The molecule has 7 nitrogen and oxygen atoms in total. The number of aryl methyl sites for hydroxylation is 1. The number of rotatable bonds is 4. The van der Waals surface area contributed by atoms with E-state index >= 15 is 0 Å². The molecule has 0 aliphatic carbocycles. The molecule has 3 unspecified atom stereocenters. The Labute approximate surface area is 190 Å². The average molecular weight is 455 g/mol. The second-order valence-electron chi connectivity index (χ2n) is 7.77. The molecule has 3 N–H and O–H groups in total. The number of hydrazone groups is 1. The first-order chi connectivity index (χ1) is 15.1. The molecule has 31 heavy (non-hydrogen) atoms. The van der Waals surface area contributed by atoms with Crippen LogP contribution in [0.4, 0.5) is 5.69 Å². The molecule has 3 aliphatic heterocycles. The molecule has 0 aromatic heterocycles. The van der Waals surface area contributed by atoms with Gasteiger partial charge in [-0.15, -0.1) is 0 Å². The van der Waals surface area contributed by atoms with E-state index in [4.69, 9.17) is 11.6 Å². The van der Waals surface area contributed by atoms with Gasteiger partial charge < -0.3 is 15.2 Å². The highest BCUT2D eigenvalue weighted by Crippen LogP contribution is 2.35. The van der Waals surface area contributed by atoms with Crippen molar-refractivity contribution >= 4 is 40.1 Å². The molecule has 3 heterocycles. The van der Waals surface area contributed by atoms with Crippen molar-refractivity contribution in [1.82, 2.24) is 20.8 Å². The average Bonchev–Trinajstić information content (AvgIpc) is 3.39. The standard InChI is InChI=1S/C22H23ClN6OS/c1-14-7-8-16(23)11-17(14)24-20(30)13-31-22-26-25-21-19-12-18(15-5-3-2-4-6-15)27-29(19)10-9-28(21)22/h2-11,18-19,21,25,27H,12-13H2,1H3,(H,24,30). The molecule has 0 spiro atoms. The number of halogens is 1. The van der Waals surface area contributed by atoms with Crippen LogP contribution in [0.15, 0.2) is 66.0 Å². The number of nitrogens with one attached hydrogen (secondary N) is 3. The molecule has 1 amide bonds. The Balaban J connectivity index is 1.19. The summed E-state index contributed by atoms with van der Waals surface area (Å²) in [5.41, 5.74) is 9.81. The van der Waals surface area contributed by atoms with Crippen molar-refractivity contribution < 1.29 is 4.79 Å². The Hall–Kier alpha value is -2.68. The normalized spacial score (nSPS) is 23.8. The molecule has 3 atom stereocenters. The number of nitrogens with zero attached hydrogens (tertiary/aromatic N) is 3. The second-order valence-corrected chi connectivity index (χ2v) is 9.15. The minimum absolute atomic E-state index is 0.0342. The van der Waals surface area contributed by atoms with E-state index in [0.29, 0.717) is 5.02 Å². The van der Waals surface area contributed by atoms with Crippen LogP contribution in [0.1, 0.15) is 23.6 Å². The molecule has 5 rings (SSSR count). The van der Waals surface area contributed by atoms with Gasteiger partial charge in [-0.3, -0.25) is 10.2 Å². The molecule has 0 bridgehead atoms. The van der Waals surface area contributed by atoms with Crippen molar-refractivity contribution in [3.63, 3.8) is 0 Å². The van der Waals surface area contributed by atoms with E-state index in [2.05, 4.69) is 55.4 Å². The summed E-state index contributed by atoms with van der Waals surface area (Å²) < 4.78 is 0. The Morgan fingerprint density at radius 1 is 1.26 bits per heavy atom. The van der Waals surface area contributed by atoms with Crippen LogP contribution in [0.5, 0.6) is 0 Å². The number of thioether (sulfide) groups is 1. The summed E-state index contributed by atoms with van der Waals surface area (Å²) in [5, 5.41) is 11.0. The third-order valence-corrected chi connectivity index (χ3v) is 6.91.